The monoisotopic (exact) mass is 236 g/mol. The second-order valence-corrected chi connectivity index (χ2v) is 5.18. The van der Waals surface area contributed by atoms with Gasteiger partial charge >= 0.3 is 0 Å². The minimum Gasteiger partial charge on any atom is -0.369 e. The second-order valence-electron chi connectivity index (χ2n) is 5.18. The summed E-state index contributed by atoms with van der Waals surface area (Å²) in [5.74, 6) is 0.789. The van der Waals surface area contributed by atoms with Crippen molar-refractivity contribution in [1.29, 1.82) is 0 Å². The maximum Gasteiger partial charge on any atom is 0.0752 e. The van der Waals surface area contributed by atoms with Gasteiger partial charge < -0.3 is 10.2 Å². The average molecular weight is 236 g/mol. The number of nitrogens with zero attached hydrogens (tertiary/aromatic N) is 3. The number of anilines is 1. The van der Waals surface area contributed by atoms with Crippen LogP contribution in [-0.2, 0) is 0 Å². The minimum atomic E-state index is 0.448. The Bertz CT molecular complexity index is 345. The van der Waals surface area contributed by atoms with Crippen LogP contribution in [0.4, 0.5) is 5.69 Å². The summed E-state index contributed by atoms with van der Waals surface area (Å²) >= 11 is 0. The molecule has 17 heavy (non-hydrogen) atoms. The molecule has 0 radical (unpaired) electrons. The Labute approximate surface area is 104 Å². The van der Waals surface area contributed by atoms with E-state index in [9.17, 15) is 0 Å². The second kappa shape index (κ2) is 5.54. The normalized spacial score (nSPS) is 20.5. The van der Waals surface area contributed by atoms with E-state index in [1.54, 1.807) is 0 Å². The van der Waals surface area contributed by atoms with Crippen molar-refractivity contribution in [3.05, 3.63) is 12.4 Å². The van der Waals surface area contributed by atoms with Gasteiger partial charge in [-0.2, -0.15) is 5.10 Å². The van der Waals surface area contributed by atoms with Crippen LogP contribution in [0.2, 0.25) is 0 Å². The molecule has 4 heteroatoms. The molecule has 1 N–H and O–H groups in total. The van der Waals surface area contributed by atoms with E-state index < -0.39 is 0 Å². The summed E-state index contributed by atoms with van der Waals surface area (Å²) in [6, 6.07) is 0.448. The summed E-state index contributed by atoms with van der Waals surface area (Å²) < 4.78 is 2.03. The van der Waals surface area contributed by atoms with Gasteiger partial charge in [-0.25, -0.2) is 0 Å². The van der Waals surface area contributed by atoms with Gasteiger partial charge in [-0.1, -0.05) is 6.92 Å². The van der Waals surface area contributed by atoms with Crippen LogP contribution in [0.25, 0.3) is 0 Å². The molecular weight excluding hydrogens is 212 g/mol. The van der Waals surface area contributed by atoms with E-state index in [2.05, 4.69) is 42.3 Å². The highest BCUT2D eigenvalue weighted by molar-refractivity contribution is 5.43. The molecule has 96 valence electrons. The first-order valence-corrected chi connectivity index (χ1v) is 6.70. The number of aromatic nitrogens is 2. The maximum atomic E-state index is 4.41. The van der Waals surface area contributed by atoms with Crippen LogP contribution in [0, 0.1) is 5.92 Å². The Hall–Kier alpha value is -1.03. The highest BCUT2D eigenvalue weighted by Gasteiger charge is 2.23. The lowest BCUT2D eigenvalue weighted by atomic mass is 10.1. The van der Waals surface area contributed by atoms with Crippen molar-refractivity contribution < 1.29 is 0 Å². The molecule has 1 aromatic heterocycles. The standard InChI is InChI=1S/C13H24N4/c1-4-14-7-12-5-6-16(9-12)13-8-15-17(10-13)11(2)3/h8,10-12,14H,4-7,9H2,1-3H3. The highest BCUT2D eigenvalue weighted by Crippen LogP contribution is 2.23. The Morgan fingerprint density at radius 1 is 1.53 bits per heavy atom. The van der Waals surface area contributed by atoms with Gasteiger partial charge in [0.05, 0.1) is 11.9 Å². The van der Waals surface area contributed by atoms with Gasteiger partial charge in [0.1, 0.15) is 0 Å². The van der Waals surface area contributed by atoms with Crippen molar-refractivity contribution in [2.24, 2.45) is 5.92 Å². The number of hydrogen-bond acceptors (Lipinski definition) is 3. The SMILES string of the molecule is CCNCC1CCN(c2cnn(C(C)C)c2)C1. The van der Waals surface area contributed by atoms with Crippen LogP contribution in [0.15, 0.2) is 12.4 Å². The molecule has 2 heterocycles. The molecule has 4 nitrogen and oxygen atoms in total. The number of hydrogen-bond donors (Lipinski definition) is 1. The van der Waals surface area contributed by atoms with Crippen LogP contribution < -0.4 is 10.2 Å². The van der Waals surface area contributed by atoms with E-state index in [4.69, 9.17) is 0 Å². The zero-order valence-electron chi connectivity index (χ0n) is 11.2. The summed E-state index contributed by atoms with van der Waals surface area (Å²) in [5, 5.41) is 7.84. The van der Waals surface area contributed by atoms with Crippen molar-refractivity contribution >= 4 is 5.69 Å². The smallest absolute Gasteiger partial charge is 0.0752 e. The van der Waals surface area contributed by atoms with Gasteiger partial charge in [-0.05, 0) is 39.3 Å². The molecule has 0 bridgehead atoms. The fraction of sp³-hybridized carbons (Fsp3) is 0.769. The van der Waals surface area contributed by atoms with Crippen LogP contribution in [0.1, 0.15) is 33.2 Å². The Balaban J connectivity index is 1.90. The summed E-state index contributed by atoms with van der Waals surface area (Å²) in [7, 11) is 0. The lowest BCUT2D eigenvalue weighted by Crippen LogP contribution is -2.26. The molecule has 1 aliphatic heterocycles. The minimum absolute atomic E-state index is 0.448. The highest BCUT2D eigenvalue weighted by atomic mass is 15.3. The Kier molecular flexibility index (Phi) is 4.05. The molecule has 1 atom stereocenters. The van der Waals surface area contributed by atoms with Crippen molar-refractivity contribution in [3.8, 4) is 0 Å². The van der Waals surface area contributed by atoms with Crippen molar-refractivity contribution in [1.82, 2.24) is 15.1 Å². The van der Waals surface area contributed by atoms with Crippen LogP contribution in [0.3, 0.4) is 0 Å². The van der Waals surface area contributed by atoms with Crippen LogP contribution >= 0.6 is 0 Å². The molecule has 0 saturated carbocycles. The maximum absolute atomic E-state index is 4.41. The van der Waals surface area contributed by atoms with E-state index in [1.807, 2.05) is 10.9 Å². The molecular formula is C13H24N4. The quantitative estimate of drug-likeness (QED) is 0.847. The van der Waals surface area contributed by atoms with Gasteiger partial charge in [0, 0.05) is 25.3 Å². The van der Waals surface area contributed by atoms with Gasteiger partial charge in [0.15, 0.2) is 0 Å². The third-order valence-corrected chi connectivity index (χ3v) is 3.45. The molecule has 1 aliphatic rings. The van der Waals surface area contributed by atoms with E-state index >= 15 is 0 Å². The van der Waals surface area contributed by atoms with E-state index in [1.165, 1.54) is 18.7 Å². The first kappa shape index (κ1) is 12.4. The summed E-state index contributed by atoms with van der Waals surface area (Å²) in [6.07, 6.45) is 5.45. The van der Waals surface area contributed by atoms with E-state index in [0.29, 0.717) is 6.04 Å². The topological polar surface area (TPSA) is 33.1 Å². The van der Waals surface area contributed by atoms with E-state index in [-0.39, 0.29) is 0 Å². The molecule has 2 rings (SSSR count). The summed E-state index contributed by atoms with van der Waals surface area (Å²) in [6.45, 7) is 11.0. The molecule has 0 aromatic carbocycles. The number of nitrogens with one attached hydrogen (secondary N) is 1. The lowest BCUT2D eigenvalue weighted by molar-refractivity contribution is 0.527. The number of rotatable bonds is 5. The molecule has 1 aromatic rings. The Morgan fingerprint density at radius 2 is 2.35 bits per heavy atom. The largest absolute Gasteiger partial charge is 0.369 e. The zero-order chi connectivity index (χ0) is 12.3. The van der Waals surface area contributed by atoms with Crippen LogP contribution in [0.5, 0.6) is 0 Å². The van der Waals surface area contributed by atoms with Gasteiger partial charge in [-0.15, -0.1) is 0 Å². The average Bonchev–Trinajstić information content (AvgIpc) is 2.94. The third kappa shape index (κ3) is 3.00. The zero-order valence-corrected chi connectivity index (χ0v) is 11.2. The summed E-state index contributed by atoms with van der Waals surface area (Å²) in [4.78, 5) is 2.45. The lowest BCUT2D eigenvalue weighted by Gasteiger charge is -2.16. The molecule has 1 fully saturated rings. The van der Waals surface area contributed by atoms with Crippen LogP contribution in [-0.4, -0.2) is 36.0 Å². The van der Waals surface area contributed by atoms with Gasteiger partial charge in [0.25, 0.3) is 0 Å². The predicted molar refractivity (Wildman–Crippen MR) is 71.5 cm³/mol. The Morgan fingerprint density at radius 3 is 3.00 bits per heavy atom. The summed E-state index contributed by atoms with van der Waals surface area (Å²) in [5.41, 5.74) is 1.28. The van der Waals surface area contributed by atoms with E-state index in [0.717, 1.165) is 25.6 Å². The van der Waals surface area contributed by atoms with Crippen molar-refractivity contribution in [3.63, 3.8) is 0 Å². The molecule has 0 spiro atoms. The third-order valence-electron chi connectivity index (χ3n) is 3.45. The first-order chi connectivity index (χ1) is 8.20. The van der Waals surface area contributed by atoms with Crippen molar-refractivity contribution in [2.75, 3.05) is 31.1 Å². The first-order valence-electron chi connectivity index (χ1n) is 6.70. The predicted octanol–water partition coefficient (Wildman–Crippen LogP) is 1.90. The molecule has 1 saturated heterocycles. The fourth-order valence-corrected chi connectivity index (χ4v) is 2.36. The van der Waals surface area contributed by atoms with Crippen molar-refractivity contribution in [2.45, 2.75) is 33.2 Å². The van der Waals surface area contributed by atoms with Gasteiger partial charge in [-0.3, -0.25) is 4.68 Å². The molecule has 0 aliphatic carbocycles. The van der Waals surface area contributed by atoms with Gasteiger partial charge in [0.2, 0.25) is 0 Å². The molecule has 0 amide bonds. The molecule has 1 unspecified atom stereocenters. The fourth-order valence-electron chi connectivity index (χ4n) is 2.36.